The summed E-state index contributed by atoms with van der Waals surface area (Å²) in [5.41, 5.74) is 2.15. The zero-order chi connectivity index (χ0) is 22.7. The van der Waals surface area contributed by atoms with E-state index in [1.165, 1.54) is 19.1 Å². The fourth-order valence-corrected chi connectivity index (χ4v) is 3.74. The average molecular weight is 424 g/mol. The van der Waals surface area contributed by atoms with E-state index in [1.807, 2.05) is 50.2 Å². The van der Waals surface area contributed by atoms with Crippen LogP contribution in [0.5, 0.6) is 11.5 Å². The van der Waals surface area contributed by atoms with Crippen molar-refractivity contribution in [1.82, 2.24) is 9.80 Å². The first-order valence-electron chi connectivity index (χ1n) is 10.0. The third kappa shape index (κ3) is 4.41. The highest BCUT2D eigenvalue weighted by atomic mass is 16.5. The number of nitrogens with zero attached hydrogens (tertiary/aromatic N) is 2. The molecule has 7 nitrogen and oxygen atoms in total. The first-order valence-corrected chi connectivity index (χ1v) is 10.0. The molecular weight excluding hydrogens is 396 g/mol. The number of aliphatic hydroxyl groups excluding tert-OH is 1. The van der Waals surface area contributed by atoms with Crippen molar-refractivity contribution in [2.45, 2.75) is 13.0 Å². The number of rotatable bonds is 7. The van der Waals surface area contributed by atoms with E-state index in [4.69, 9.17) is 9.47 Å². The maximum Gasteiger partial charge on any atom is 0.295 e. The van der Waals surface area contributed by atoms with Crippen LogP contribution in [0, 0.1) is 6.92 Å². The van der Waals surface area contributed by atoms with Gasteiger partial charge in [-0.05, 0) is 38.7 Å². The summed E-state index contributed by atoms with van der Waals surface area (Å²) >= 11 is 0. The van der Waals surface area contributed by atoms with Gasteiger partial charge in [-0.25, -0.2) is 0 Å². The van der Waals surface area contributed by atoms with Gasteiger partial charge in [0.25, 0.3) is 11.7 Å². The molecular formula is C24H28N2O5. The number of likely N-dealkylation sites (tertiary alicyclic amines) is 1. The predicted molar refractivity (Wildman–Crippen MR) is 118 cm³/mol. The zero-order valence-electron chi connectivity index (χ0n) is 18.5. The maximum absolute atomic E-state index is 13.1. The summed E-state index contributed by atoms with van der Waals surface area (Å²) in [4.78, 5) is 29.5. The van der Waals surface area contributed by atoms with E-state index in [0.717, 1.165) is 11.1 Å². The molecule has 164 valence electrons. The standard InChI is InChI=1S/C24H28N2O5/c1-15-7-6-8-16(13-15)21-20(23(28)24(29)26(21)12-11-25(2)3)22(27)18-10-9-17(30-4)14-19(18)31-5/h6-10,13-14,21,27H,11-12H2,1-5H3/b22-20-. The molecule has 1 amide bonds. The van der Waals surface area contributed by atoms with Crippen LogP contribution in [0.4, 0.5) is 0 Å². The summed E-state index contributed by atoms with van der Waals surface area (Å²) in [5.74, 6) is -0.700. The lowest BCUT2D eigenvalue weighted by atomic mass is 9.94. The Morgan fingerprint density at radius 3 is 2.45 bits per heavy atom. The predicted octanol–water partition coefficient (Wildman–Crippen LogP) is 3.00. The zero-order valence-corrected chi connectivity index (χ0v) is 18.5. The molecule has 2 aromatic carbocycles. The van der Waals surface area contributed by atoms with Gasteiger partial charge in [0.1, 0.15) is 17.3 Å². The number of hydrogen-bond acceptors (Lipinski definition) is 6. The second-order valence-corrected chi connectivity index (χ2v) is 7.78. The van der Waals surface area contributed by atoms with Crippen molar-refractivity contribution in [3.05, 3.63) is 64.7 Å². The minimum Gasteiger partial charge on any atom is -0.507 e. The number of carbonyl (C=O) groups is 2. The van der Waals surface area contributed by atoms with Crippen LogP contribution in [0.15, 0.2) is 48.0 Å². The molecule has 1 aliphatic rings. The molecule has 1 heterocycles. The van der Waals surface area contributed by atoms with Crippen molar-refractivity contribution in [1.29, 1.82) is 0 Å². The fraction of sp³-hybridized carbons (Fsp3) is 0.333. The van der Waals surface area contributed by atoms with Crippen LogP contribution in [-0.4, -0.2) is 68.0 Å². The summed E-state index contributed by atoms with van der Waals surface area (Å²) < 4.78 is 10.6. The van der Waals surface area contributed by atoms with Crippen LogP contribution in [0.2, 0.25) is 0 Å². The first-order chi connectivity index (χ1) is 14.8. The van der Waals surface area contributed by atoms with Crippen LogP contribution in [0.25, 0.3) is 5.76 Å². The molecule has 3 rings (SSSR count). The lowest BCUT2D eigenvalue weighted by Gasteiger charge is -2.27. The molecule has 1 unspecified atom stereocenters. The van der Waals surface area contributed by atoms with Crippen molar-refractivity contribution in [2.24, 2.45) is 0 Å². The Bertz CT molecular complexity index is 1030. The Morgan fingerprint density at radius 2 is 1.84 bits per heavy atom. The van der Waals surface area contributed by atoms with Gasteiger partial charge in [0.15, 0.2) is 0 Å². The molecule has 31 heavy (non-hydrogen) atoms. The van der Waals surface area contributed by atoms with Crippen LogP contribution in [-0.2, 0) is 9.59 Å². The molecule has 0 bridgehead atoms. The molecule has 2 aromatic rings. The summed E-state index contributed by atoms with van der Waals surface area (Å²) in [5, 5.41) is 11.2. The monoisotopic (exact) mass is 424 g/mol. The number of ether oxygens (including phenoxy) is 2. The van der Waals surface area contributed by atoms with Gasteiger partial charge >= 0.3 is 0 Å². The number of Topliss-reactive ketones (excluding diaryl/α,β-unsaturated/α-hetero) is 1. The molecule has 1 aliphatic heterocycles. The first kappa shape index (κ1) is 22.4. The minimum atomic E-state index is -0.708. The number of methoxy groups -OCH3 is 2. The second kappa shape index (κ2) is 9.22. The van der Waals surface area contributed by atoms with E-state index in [-0.39, 0.29) is 11.3 Å². The Kier molecular flexibility index (Phi) is 6.65. The number of hydrogen-bond donors (Lipinski definition) is 1. The van der Waals surface area contributed by atoms with Crippen molar-refractivity contribution in [3.63, 3.8) is 0 Å². The molecule has 0 spiro atoms. The molecule has 7 heteroatoms. The molecule has 0 saturated carbocycles. The normalized spacial score (nSPS) is 18.0. The SMILES string of the molecule is COc1ccc(/C(O)=C2/C(=O)C(=O)N(CCN(C)C)C2c2cccc(C)c2)c(OC)c1. The minimum absolute atomic E-state index is 0.0535. The molecule has 1 N–H and O–H groups in total. The topological polar surface area (TPSA) is 79.3 Å². The van der Waals surface area contributed by atoms with Gasteiger partial charge in [-0.1, -0.05) is 29.8 Å². The highest BCUT2D eigenvalue weighted by Gasteiger charge is 2.46. The number of benzene rings is 2. The third-order valence-electron chi connectivity index (χ3n) is 5.35. The number of likely N-dealkylation sites (N-methyl/N-ethyl adjacent to an activating group) is 1. The van der Waals surface area contributed by atoms with Gasteiger partial charge < -0.3 is 24.4 Å². The van der Waals surface area contributed by atoms with E-state index in [2.05, 4.69) is 0 Å². The van der Waals surface area contributed by atoms with E-state index in [1.54, 1.807) is 18.2 Å². The lowest BCUT2D eigenvalue weighted by molar-refractivity contribution is -0.140. The largest absolute Gasteiger partial charge is 0.507 e. The van der Waals surface area contributed by atoms with Crippen LogP contribution >= 0.6 is 0 Å². The van der Waals surface area contributed by atoms with E-state index >= 15 is 0 Å². The number of aryl methyl sites for hydroxylation is 1. The number of amides is 1. The van der Waals surface area contributed by atoms with E-state index < -0.39 is 17.7 Å². The number of aliphatic hydroxyl groups is 1. The third-order valence-corrected chi connectivity index (χ3v) is 5.35. The highest BCUT2D eigenvalue weighted by Crippen LogP contribution is 2.41. The lowest BCUT2D eigenvalue weighted by Crippen LogP contribution is -2.35. The van der Waals surface area contributed by atoms with Gasteiger partial charge in [-0.2, -0.15) is 0 Å². The Hall–Kier alpha value is -3.32. The number of ketones is 1. The Labute approximate surface area is 182 Å². The summed E-state index contributed by atoms with van der Waals surface area (Å²) in [6.07, 6.45) is 0. The van der Waals surface area contributed by atoms with Crippen LogP contribution in [0.3, 0.4) is 0 Å². The summed E-state index contributed by atoms with van der Waals surface area (Å²) in [6, 6.07) is 11.8. The van der Waals surface area contributed by atoms with Crippen molar-refractivity contribution in [3.8, 4) is 11.5 Å². The smallest absolute Gasteiger partial charge is 0.295 e. The van der Waals surface area contributed by atoms with Gasteiger partial charge in [0.2, 0.25) is 0 Å². The molecule has 0 aliphatic carbocycles. The molecule has 0 aromatic heterocycles. The maximum atomic E-state index is 13.1. The fourth-order valence-electron chi connectivity index (χ4n) is 3.74. The van der Waals surface area contributed by atoms with Crippen molar-refractivity contribution >= 4 is 17.4 Å². The van der Waals surface area contributed by atoms with Gasteiger partial charge in [-0.15, -0.1) is 0 Å². The molecule has 0 radical (unpaired) electrons. The summed E-state index contributed by atoms with van der Waals surface area (Å²) in [7, 11) is 6.81. The number of carbonyl (C=O) groups excluding carboxylic acids is 2. The van der Waals surface area contributed by atoms with Gasteiger partial charge in [-0.3, -0.25) is 9.59 Å². The highest BCUT2D eigenvalue weighted by molar-refractivity contribution is 6.46. The van der Waals surface area contributed by atoms with Crippen LogP contribution in [0.1, 0.15) is 22.7 Å². The summed E-state index contributed by atoms with van der Waals surface area (Å²) in [6.45, 7) is 2.88. The van der Waals surface area contributed by atoms with E-state index in [0.29, 0.717) is 30.2 Å². The van der Waals surface area contributed by atoms with Crippen LogP contribution < -0.4 is 9.47 Å². The Balaban J connectivity index is 2.20. The van der Waals surface area contributed by atoms with E-state index in [9.17, 15) is 14.7 Å². The average Bonchev–Trinajstić information content (AvgIpc) is 3.01. The van der Waals surface area contributed by atoms with Gasteiger partial charge in [0, 0.05) is 19.2 Å². The quantitative estimate of drug-likeness (QED) is 0.418. The van der Waals surface area contributed by atoms with Crippen molar-refractivity contribution in [2.75, 3.05) is 41.4 Å². The van der Waals surface area contributed by atoms with Gasteiger partial charge in [0.05, 0.1) is 31.4 Å². The second-order valence-electron chi connectivity index (χ2n) is 7.78. The van der Waals surface area contributed by atoms with Crippen molar-refractivity contribution < 1.29 is 24.2 Å². The molecule has 1 atom stereocenters. The molecule has 1 fully saturated rings. The molecule has 1 saturated heterocycles. The Morgan fingerprint density at radius 1 is 1.10 bits per heavy atom.